The molecule has 0 aromatic heterocycles. The summed E-state index contributed by atoms with van der Waals surface area (Å²) in [5.41, 5.74) is 5.56. The van der Waals surface area contributed by atoms with Crippen molar-refractivity contribution in [3.8, 4) is 0 Å². The molecule has 0 saturated carbocycles. The predicted molar refractivity (Wildman–Crippen MR) is 109 cm³/mol. The molecule has 1 aliphatic rings. The fourth-order valence-corrected chi connectivity index (χ4v) is 3.50. The van der Waals surface area contributed by atoms with Gasteiger partial charge in [0, 0.05) is 24.5 Å². The largest absolute Gasteiger partial charge is 0.324 e. The van der Waals surface area contributed by atoms with E-state index in [1.54, 1.807) is 0 Å². The van der Waals surface area contributed by atoms with Crippen LogP contribution in [0.3, 0.4) is 0 Å². The highest BCUT2D eigenvalue weighted by atomic mass is 16.2. The molecule has 3 amide bonds. The third kappa shape index (κ3) is 4.22. The molecule has 1 N–H and O–H groups in total. The number of aryl methyl sites for hydroxylation is 4. The first-order valence-electron chi connectivity index (χ1n) is 9.31. The maximum absolute atomic E-state index is 12.6. The van der Waals surface area contributed by atoms with Crippen LogP contribution in [0.4, 0.5) is 11.4 Å². The first-order chi connectivity index (χ1) is 13.2. The fourth-order valence-electron chi connectivity index (χ4n) is 3.50. The Labute approximate surface area is 165 Å². The second-order valence-corrected chi connectivity index (χ2v) is 7.40. The van der Waals surface area contributed by atoms with Crippen LogP contribution in [0.5, 0.6) is 0 Å². The highest BCUT2D eigenvalue weighted by Crippen LogP contribution is 2.22. The quantitative estimate of drug-likeness (QED) is 0.831. The lowest BCUT2D eigenvalue weighted by molar-refractivity contribution is -0.147. The van der Waals surface area contributed by atoms with E-state index in [0.29, 0.717) is 18.8 Å². The second kappa shape index (κ2) is 7.84. The number of hydrogen-bond acceptors (Lipinski definition) is 3. The van der Waals surface area contributed by atoms with E-state index >= 15 is 0 Å². The fraction of sp³-hybridized carbons (Fsp3) is 0.318. The molecule has 0 aliphatic carbocycles. The smallest absolute Gasteiger partial charge is 0.316 e. The summed E-state index contributed by atoms with van der Waals surface area (Å²) in [5.74, 6) is -1.57. The number of amides is 3. The summed E-state index contributed by atoms with van der Waals surface area (Å²) in [6.45, 7) is 8.35. The molecular formula is C22H25N3O3. The van der Waals surface area contributed by atoms with E-state index < -0.39 is 11.8 Å². The minimum atomic E-state index is -0.652. The van der Waals surface area contributed by atoms with Crippen LogP contribution in [0.2, 0.25) is 0 Å². The van der Waals surface area contributed by atoms with Crippen molar-refractivity contribution in [2.24, 2.45) is 0 Å². The number of anilines is 2. The first-order valence-corrected chi connectivity index (χ1v) is 9.31. The Morgan fingerprint density at radius 3 is 2.21 bits per heavy atom. The summed E-state index contributed by atoms with van der Waals surface area (Å²) in [6.07, 6.45) is 0. The van der Waals surface area contributed by atoms with Gasteiger partial charge in [0.1, 0.15) is 6.54 Å². The van der Waals surface area contributed by atoms with Crippen molar-refractivity contribution in [1.82, 2.24) is 4.90 Å². The predicted octanol–water partition coefficient (Wildman–Crippen LogP) is 2.73. The number of benzene rings is 2. The highest BCUT2D eigenvalue weighted by molar-refractivity contribution is 6.41. The van der Waals surface area contributed by atoms with Crippen molar-refractivity contribution in [2.45, 2.75) is 27.7 Å². The molecule has 0 atom stereocenters. The van der Waals surface area contributed by atoms with Gasteiger partial charge in [0.05, 0.1) is 0 Å². The van der Waals surface area contributed by atoms with Crippen molar-refractivity contribution in [2.75, 3.05) is 29.9 Å². The molecule has 2 aromatic carbocycles. The number of rotatable bonds is 4. The van der Waals surface area contributed by atoms with E-state index in [2.05, 4.69) is 5.32 Å². The van der Waals surface area contributed by atoms with Crippen LogP contribution < -0.4 is 10.2 Å². The lowest BCUT2D eigenvalue weighted by Gasteiger charge is -2.33. The molecule has 146 valence electrons. The van der Waals surface area contributed by atoms with Crippen molar-refractivity contribution >= 4 is 29.1 Å². The monoisotopic (exact) mass is 379 g/mol. The normalized spacial score (nSPS) is 14.4. The Balaban J connectivity index is 1.66. The Hall–Kier alpha value is -3.15. The van der Waals surface area contributed by atoms with Gasteiger partial charge in [-0.05, 0) is 62.6 Å². The highest BCUT2D eigenvalue weighted by Gasteiger charge is 2.34. The van der Waals surface area contributed by atoms with Crippen LogP contribution in [0.1, 0.15) is 22.3 Å². The summed E-state index contributed by atoms with van der Waals surface area (Å²) < 4.78 is 0. The van der Waals surface area contributed by atoms with Gasteiger partial charge in [0.2, 0.25) is 5.91 Å². The molecule has 1 heterocycles. The molecule has 6 nitrogen and oxygen atoms in total. The molecule has 28 heavy (non-hydrogen) atoms. The first kappa shape index (κ1) is 19.6. The second-order valence-electron chi connectivity index (χ2n) is 7.40. The van der Waals surface area contributed by atoms with Gasteiger partial charge in [-0.3, -0.25) is 14.4 Å². The Bertz CT molecular complexity index is 932. The molecule has 0 bridgehead atoms. The zero-order valence-corrected chi connectivity index (χ0v) is 16.7. The average Bonchev–Trinajstić information content (AvgIpc) is 2.61. The van der Waals surface area contributed by atoms with Crippen molar-refractivity contribution < 1.29 is 14.4 Å². The van der Waals surface area contributed by atoms with E-state index in [0.717, 1.165) is 27.9 Å². The third-order valence-electron chi connectivity index (χ3n) is 4.82. The van der Waals surface area contributed by atoms with Gasteiger partial charge in [-0.1, -0.05) is 23.8 Å². The number of hydrogen-bond donors (Lipinski definition) is 1. The number of carbonyl (C=O) groups excluding carboxylic acids is 3. The van der Waals surface area contributed by atoms with E-state index in [9.17, 15) is 14.4 Å². The van der Waals surface area contributed by atoms with Crippen LogP contribution in [0.15, 0.2) is 36.4 Å². The topological polar surface area (TPSA) is 69.7 Å². The molecule has 6 heteroatoms. The number of nitrogens with zero attached hydrogens (tertiary/aromatic N) is 2. The van der Waals surface area contributed by atoms with E-state index in [1.807, 2.05) is 64.1 Å². The molecule has 3 rings (SSSR count). The molecule has 2 aromatic rings. The van der Waals surface area contributed by atoms with Crippen molar-refractivity contribution in [1.29, 1.82) is 0 Å². The number of carbonyl (C=O) groups is 3. The van der Waals surface area contributed by atoms with Crippen LogP contribution >= 0.6 is 0 Å². The summed E-state index contributed by atoms with van der Waals surface area (Å²) in [4.78, 5) is 40.3. The van der Waals surface area contributed by atoms with Gasteiger partial charge < -0.3 is 15.1 Å². The summed E-state index contributed by atoms with van der Waals surface area (Å²) >= 11 is 0. The molecule has 1 fully saturated rings. The maximum Gasteiger partial charge on any atom is 0.316 e. The SMILES string of the molecule is Cc1cc(C)cc(N2CCN(CC(=O)Nc3ccc(C)cc3C)C(=O)C2=O)c1. The van der Waals surface area contributed by atoms with Crippen LogP contribution in [-0.4, -0.2) is 42.3 Å². The molecule has 0 unspecified atom stereocenters. The minimum absolute atomic E-state index is 0.140. The van der Waals surface area contributed by atoms with E-state index in [-0.39, 0.29) is 12.5 Å². The molecular weight excluding hydrogens is 354 g/mol. The Morgan fingerprint density at radius 2 is 1.57 bits per heavy atom. The maximum atomic E-state index is 12.6. The summed E-state index contributed by atoms with van der Waals surface area (Å²) in [6, 6.07) is 11.5. The zero-order valence-electron chi connectivity index (χ0n) is 16.7. The van der Waals surface area contributed by atoms with Gasteiger partial charge in [-0.25, -0.2) is 0 Å². The lowest BCUT2D eigenvalue weighted by atomic mass is 10.1. The minimum Gasteiger partial charge on any atom is -0.324 e. The van der Waals surface area contributed by atoms with Gasteiger partial charge in [-0.2, -0.15) is 0 Å². The molecule has 0 radical (unpaired) electrons. The lowest BCUT2D eigenvalue weighted by Crippen LogP contribution is -2.56. The van der Waals surface area contributed by atoms with Crippen LogP contribution in [-0.2, 0) is 14.4 Å². The van der Waals surface area contributed by atoms with Gasteiger partial charge in [0.25, 0.3) is 0 Å². The van der Waals surface area contributed by atoms with Crippen LogP contribution in [0, 0.1) is 27.7 Å². The summed E-state index contributed by atoms with van der Waals surface area (Å²) in [5, 5.41) is 2.82. The Kier molecular flexibility index (Phi) is 5.49. The number of nitrogens with one attached hydrogen (secondary N) is 1. The summed E-state index contributed by atoms with van der Waals surface area (Å²) in [7, 11) is 0. The van der Waals surface area contributed by atoms with E-state index in [4.69, 9.17) is 0 Å². The van der Waals surface area contributed by atoms with Gasteiger partial charge in [-0.15, -0.1) is 0 Å². The third-order valence-corrected chi connectivity index (χ3v) is 4.82. The number of piperazine rings is 1. The molecule has 1 aliphatic heterocycles. The van der Waals surface area contributed by atoms with Crippen LogP contribution in [0.25, 0.3) is 0 Å². The van der Waals surface area contributed by atoms with E-state index in [1.165, 1.54) is 9.80 Å². The average molecular weight is 379 g/mol. The standard InChI is InChI=1S/C22H25N3O3/c1-14-5-6-19(17(4)10-14)23-20(26)13-24-7-8-25(22(28)21(24)27)18-11-15(2)9-16(3)12-18/h5-6,9-12H,7-8,13H2,1-4H3,(H,23,26). The molecule has 0 spiro atoms. The Morgan fingerprint density at radius 1 is 0.893 bits per heavy atom. The zero-order chi connectivity index (χ0) is 20.4. The van der Waals surface area contributed by atoms with Crippen molar-refractivity contribution in [3.05, 3.63) is 58.7 Å². The van der Waals surface area contributed by atoms with Gasteiger partial charge in [0.15, 0.2) is 0 Å². The van der Waals surface area contributed by atoms with Crippen molar-refractivity contribution in [3.63, 3.8) is 0 Å². The molecule has 1 saturated heterocycles. The van der Waals surface area contributed by atoms with Gasteiger partial charge >= 0.3 is 11.8 Å².